The Balaban J connectivity index is 1.02. The first-order chi connectivity index (χ1) is 22.2. The molecular weight excluding hydrogens is 608 g/mol. The van der Waals surface area contributed by atoms with E-state index < -0.39 is 9.84 Å². The molecule has 0 unspecified atom stereocenters. The second-order valence-electron chi connectivity index (χ2n) is 12.2. The van der Waals surface area contributed by atoms with Gasteiger partial charge in [0.25, 0.3) is 0 Å². The summed E-state index contributed by atoms with van der Waals surface area (Å²) in [6, 6.07) is 13.2. The van der Waals surface area contributed by atoms with Crippen LogP contribution >= 0.6 is 0 Å². The maximum Gasteiger partial charge on any atom is 0.410 e. The molecule has 2 saturated heterocycles. The summed E-state index contributed by atoms with van der Waals surface area (Å²) in [6.45, 7) is 9.97. The molecule has 0 radical (unpaired) electrons. The van der Waals surface area contributed by atoms with Crippen molar-refractivity contribution in [2.45, 2.75) is 51.0 Å². The number of hydrogen-bond acceptors (Lipinski definition) is 9. The van der Waals surface area contributed by atoms with E-state index in [2.05, 4.69) is 10.2 Å². The van der Waals surface area contributed by atoms with Gasteiger partial charge in [-0.3, -0.25) is 9.69 Å². The minimum Gasteiger partial charge on any atom is -0.497 e. The zero-order chi connectivity index (χ0) is 32.9. The minimum absolute atomic E-state index is 0.0103. The van der Waals surface area contributed by atoms with Crippen molar-refractivity contribution in [3.05, 3.63) is 59.2 Å². The molecule has 0 atom stereocenters. The van der Waals surface area contributed by atoms with E-state index in [1.165, 1.54) is 0 Å². The van der Waals surface area contributed by atoms with Crippen molar-refractivity contribution >= 4 is 21.8 Å². The van der Waals surface area contributed by atoms with Crippen LogP contribution in [0, 0.1) is 19.8 Å². The summed E-state index contributed by atoms with van der Waals surface area (Å²) in [5.74, 6) is 1.02. The van der Waals surface area contributed by atoms with Gasteiger partial charge >= 0.3 is 6.09 Å². The molecule has 2 fully saturated rings. The number of hydrogen-bond donors (Lipinski definition) is 1. The maximum absolute atomic E-state index is 12.9. The molecule has 0 bridgehead atoms. The maximum atomic E-state index is 12.9. The van der Waals surface area contributed by atoms with Gasteiger partial charge in [0.1, 0.15) is 24.8 Å². The molecule has 46 heavy (non-hydrogen) atoms. The molecule has 2 amide bonds. The molecule has 0 saturated carbocycles. The molecule has 0 aliphatic carbocycles. The average Bonchev–Trinajstić information content (AvgIpc) is 3.05. The summed E-state index contributed by atoms with van der Waals surface area (Å²) in [5.41, 5.74) is 2.30. The van der Waals surface area contributed by atoms with Gasteiger partial charge in [-0.05, 0) is 80.8 Å². The SMILES string of the molecule is COc1cc(C)c(S(=O)(=O)CNCCOCC(=O)N2CCN(CCCC3CCN(C(=O)OCc4ccccc4)CC3)CC2)c(C)c1. The Morgan fingerprint density at radius 3 is 2.26 bits per heavy atom. The molecule has 2 aliphatic rings. The van der Waals surface area contributed by atoms with Crippen LogP contribution in [0.25, 0.3) is 0 Å². The highest BCUT2D eigenvalue weighted by Crippen LogP contribution is 2.26. The lowest BCUT2D eigenvalue weighted by Crippen LogP contribution is -2.50. The molecule has 11 nitrogen and oxygen atoms in total. The first kappa shape index (κ1) is 35.7. The fraction of sp³-hybridized carbons (Fsp3) is 0.588. The summed E-state index contributed by atoms with van der Waals surface area (Å²) in [6.07, 6.45) is 4.05. The second-order valence-corrected chi connectivity index (χ2v) is 14.2. The Kier molecular flexibility index (Phi) is 13.7. The normalized spacial score (nSPS) is 16.4. The van der Waals surface area contributed by atoms with E-state index in [-0.39, 0.29) is 31.1 Å². The monoisotopic (exact) mass is 658 g/mol. The Bertz CT molecular complexity index is 1350. The topological polar surface area (TPSA) is 118 Å². The van der Waals surface area contributed by atoms with Gasteiger partial charge in [-0.25, -0.2) is 13.2 Å². The van der Waals surface area contributed by atoms with E-state index in [1.807, 2.05) is 40.1 Å². The van der Waals surface area contributed by atoms with Gasteiger partial charge < -0.3 is 29.3 Å². The zero-order valence-corrected chi connectivity index (χ0v) is 28.4. The van der Waals surface area contributed by atoms with Crippen LogP contribution < -0.4 is 10.1 Å². The number of carbonyl (C=O) groups is 2. The first-order valence-corrected chi connectivity index (χ1v) is 17.9. The number of sulfone groups is 1. The van der Waals surface area contributed by atoms with Crippen molar-refractivity contribution in [2.24, 2.45) is 5.92 Å². The van der Waals surface area contributed by atoms with Gasteiger partial charge in [0.2, 0.25) is 5.91 Å². The number of methoxy groups -OCH3 is 1. The standard InChI is InChI=1S/C34H50N4O7S/c1-27-22-31(43-3)23-28(2)33(27)46(41,42)26-35-13-21-44-25-32(39)37-19-17-36(18-20-37)14-7-10-29-11-15-38(16-12-29)34(40)45-24-30-8-5-4-6-9-30/h4-6,8-9,22-23,29,35H,7,10-21,24-26H2,1-3H3. The van der Waals surface area contributed by atoms with Gasteiger partial charge in [-0.15, -0.1) is 0 Å². The van der Waals surface area contributed by atoms with Crippen molar-refractivity contribution < 1.29 is 32.2 Å². The predicted octanol–water partition coefficient (Wildman–Crippen LogP) is 3.62. The van der Waals surface area contributed by atoms with Crippen LogP contribution in [0.2, 0.25) is 0 Å². The Hall–Kier alpha value is -3.19. The molecule has 2 aromatic rings. The molecule has 4 rings (SSSR count). The molecule has 2 aromatic carbocycles. The van der Waals surface area contributed by atoms with E-state index in [9.17, 15) is 18.0 Å². The molecule has 2 aliphatic heterocycles. The summed E-state index contributed by atoms with van der Waals surface area (Å²) in [5, 5.41) is 2.93. The molecular formula is C34H50N4O7S. The number of piperazine rings is 1. The van der Waals surface area contributed by atoms with Crippen LogP contribution in [0.3, 0.4) is 0 Å². The number of likely N-dealkylation sites (tertiary alicyclic amines) is 1. The van der Waals surface area contributed by atoms with Crippen molar-refractivity contribution in [3.63, 3.8) is 0 Å². The van der Waals surface area contributed by atoms with Crippen molar-refractivity contribution in [1.82, 2.24) is 20.0 Å². The van der Waals surface area contributed by atoms with Crippen molar-refractivity contribution in [1.29, 1.82) is 0 Å². The molecule has 254 valence electrons. The largest absolute Gasteiger partial charge is 0.497 e. The number of nitrogens with zero attached hydrogens (tertiary/aromatic N) is 3. The average molecular weight is 659 g/mol. The smallest absolute Gasteiger partial charge is 0.410 e. The number of nitrogens with one attached hydrogen (secondary N) is 1. The highest BCUT2D eigenvalue weighted by molar-refractivity contribution is 7.91. The highest BCUT2D eigenvalue weighted by atomic mass is 32.2. The number of rotatable bonds is 15. The van der Waals surface area contributed by atoms with Crippen molar-refractivity contribution in [3.8, 4) is 5.75 Å². The van der Waals surface area contributed by atoms with Crippen LogP contribution in [0.1, 0.15) is 42.4 Å². The number of ether oxygens (including phenoxy) is 3. The lowest BCUT2D eigenvalue weighted by atomic mass is 9.92. The quantitative estimate of drug-likeness (QED) is 0.287. The van der Waals surface area contributed by atoms with Gasteiger partial charge in [0.05, 0.1) is 18.6 Å². The van der Waals surface area contributed by atoms with E-state index in [0.717, 1.165) is 64.0 Å². The van der Waals surface area contributed by atoms with Crippen LogP contribution in [0.5, 0.6) is 5.75 Å². The summed E-state index contributed by atoms with van der Waals surface area (Å²) >= 11 is 0. The van der Waals surface area contributed by atoms with Crippen molar-refractivity contribution in [2.75, 3.05) is 78.6 Å². The minimum atomic E-state index is -3.52. The molecule has 0 spiro atoms. The Morgan fingerprint density at radius 1 is 0.935 bits per heavy atom. The van der Waals surface area contributed by atoms with E-state index >= 15 is 0 Å². The number of carbonyl (C=O) groups excluding carboxylic acids is 2. The number of benzene rings is 2. The van der Waals surface area contributed by atoms with Gasteiger partial charge in [-0.2, -0.15) is 0 Å². The fourth-order valence-corrected chi connectivity index (χ4v) is 7.89. The van der Waals surface area contributed by atoms with Crippen LogP contribution in [-0.4, -0.2) is 114 Å². The Morgan fingerprint density at radius 2 is 1.61 bits per heavy atom. The molecule has 0 aromatic heterocycles. The predicted molar refractivity (Wildman–Crippen MR) is 177 cm³/mol. The van der Waals surface area contributed by atoms with Gasteiger partial charge in [0, 0.05) is 45.8 Å². The summed E-state index contributed by atoms with van der Waals surface area (Å²) in [7, 11) is -1.97. The molecule has 12 heteroatoms. The number of amides is 2. The van der Waals surface area contributed by atoms with Gasteiger partial charge in [0.15, 0.2) is 9.84 Å². The number of piperidine rings is 1. The van der Waals surface area contributed by atoms with Crippen LogP contribution in [0.4, 0.5) is 4.79 Å². The van der Waals surface area contributed by atoms with Crippen LogP contribution in [-0.2, 0) is 30.7 Å². The molecule has 1 N–H and O–H groups in total. The third-order valence-corrected chi connectivity index (χ3v) is 10.7. The lowest BCUT2D eigenvalue weighted by Gasteiger charge is -2.35. The van der Waals surface area contributed by atoms with E-state index in [1.54, 1.807) is 33.1 Å². The third kappa shape index (κ3) is 10.7. The summed E-state index contributed by atoms with van der Waals surface area (Å²) < 4.78 is 42.0. The summed E-state index contributed by atoms with van der Waals surface area (Å²) in [4.78, 5) is 31.5. The zero-order valence-electron chi connectivity index (χ0n) is 27.5. The second kappa shape index (κ2) is 17.7. The fourth-order valence-electron chi connectivity index (χ4n) is 6.23. The Labute approximate surface area is 274 Å². The van der Waals surface area contributed by atoms with Crippen LogP contribution in [0.15, 0.2) is 47.4 Å². The highest BCUT2D eigenvalue weighted by Gasteiger charge is 2.25. The number of aryl methyl sites for hydroxylation is 2. The lowest BCUT2D eigenvalue weighted by molar-refractivity contribution is -0.137. The van der Waals surface area contributed by atoms with Gasteiger partial charge in [-0.1, -0.05) is 30.3 Å². The first-order valence-electron chi connectivity index (χ1n) is 16.3. The molecule has 2 heterocycles. The van der Waals surface area contributed by atoms with E-state index in [0.29, 0.717) is 53.9 Å². The van der Waals surface area contributed by atoms with E-state index in [4.69, 9.17) is 14.2 Å². The third-order valence-electron chi connectivity index (χ3n) is 8.81.